The number of amides is 1. The highest BCUT2D eigenvalue weighted by Gasteiger charge is 2.12. The van der Waals surface area contributed by atoms with Crippen molar-refractivity contribution in [3.05, 3.63) is 46.6 Å². The molecule has 0 aliphatic rings. The molecular formula is C19H24ClN3O2. The third-order valence-corrected chi connectivity index (χ3v) is 4.24. The van der Waals surface area contributed by atoms with Gasteiger partial charge in [-0.25, -0.2) is 4.98 Å². The van der Waals surface area contributed by atoms with Crippen molar-refractivity contribution in [1.82, 2.24) is 4.98 Å². The lowest BCUT2D eigenvalue weighted by molar-refractivity contribution is 0.102. The van der Waals surface area contributed by atoms with E-state index in [4.69, 9.17) is 16.3 Å². The van der Waals surface area contributed by atoms with Gasteiger partial charge in [-0.05, 0) is 37.1 Å². The van der Waals surface area contributed by atoms with Gasteiger partial charge in [-0.1, -0.05) is 31.4 Å². The largest absolute Gasteiger partial charge is 0.495 e. The van der Waals surface area contributed by atoms with E-state index in [9.17, 15) is 4.79 Å². The minimum atomic E-state index is -0.223. The molecule has 1 aromatic carbocycles. The summed E-state index contributed by atoms with van der Waals surface area (Å²) in [4.78, 5) is 16.8. The molecule has 1 aromatic heterocycles. The zero-order valence-electron chi connectivity index (χ0n) is 14.9. The average Bonchev–Trinajstić information content (AvgIpc) is 2.62. The number of carbonyl (C=O) groups excluding carboxylic acids is 1. The number of anilines is 2. The highest BCUT2D eigenvalue weighted by atomic mass is 35.5. The van der Waals surface area contributed by atoms with Crippen molar-refractivity contribution in [3.8, 4) is 5.75 Å². The highest BCUT2D eigenvalue weighted by Crippen LogP contribution is 2.31. The molecule has 0 saturated heterocycles. The highest BCUT2D eigenvalue weighted by molar-refractivity contribution is 6.31. The van der Waals surface area contributed by atoms with Gasteiger partial charge in [-0.3, -0.25) is 4.79 Å². The number of nitrogens with zero attached hydrogens (tertiary/aromatic N) is 1. The lowest BCUT2D eigenvalue weighted by atomic mass is 10.2. The number of ether oxygens (including phenoxy) is 1. The second-order valence-corrected chi connectivity index (χ2v) is 6.23. The lowest BCUT2D eigenvalue weighted by Gasteiger charge is -2.13. The van der Waals surface area contributed by atoms with E-state index in [0.717, 1.165) is 18.5 Å². The van der Waals surface area contributed by atoms with Crippen LogP contribution in [0.15, 0.2) is 30.5 Å². The first kappa shape index (κ1) is 19.1. The van der Waals surface area contributed by atoms with Crippen molar-refractivity contribution in [2.75, 3.05) is 24.3 Å². The van der Waals surface area contributed by atoms with Crippen LogP contribution in [0.5, 0.6) is 5.75 Å². The Morgan fingerprint density at radius 1 is 1.28 bits per heavy atom. The standard InChI is InChI=1S/C19H24ClN3O2/c1-4-5-6-8-21-18-11-14(7-9-22-18)19(24)23-16-10-13(2)15(20)12-17(16)25-3/h7,9-12H,4-6,8H2,1-3H3,(H,21,22)(H,23,24). The smallest absolute Gasteiger partial charge is 0.255 e. The molecule has 0 fully saturated rings. The van der Waals surface area contributed by atoms with E-state index >= 15 is 0 Å². The molecular weight excluding hydrogens is 338 g/mol. The van der Waals surface area contributed by atoms with Crippen LogP contribution >= 0.6 is 11.6 Å². The number of nitrogens with one attached hydrogen (secondary N) is 2. The zero-order valence-corrected chi connectivity index (χ0v) is 15.6. The maximum absolute atomic E-state index is 12.6. The second kappa shape index (κ2) is 9.28. The van der Waals surface area contributed by atoms with Crippen LogP contribution in [0.1, 0.15) is 42.1 Å². The van der Waals surface area contributed by atoms with Crippen LogP contribution in [-0.2, 0) is 0 Å². The van der Waals surface area contributed by atoms with Gasteiger partial charge in [-0.15, -0.1) is 0 Å². The van der Waals surface area contributed by atoms with E-state index in [0.29, 0.717) is 27.8 Å². The first-order chi connectivity index (χ1) is 12.0. The molecule has 5 nitrogen and oxygen atoms in total. The fourth-order valence-corrected chi connectivity index (χ4v) is 2.54. The quantitative estimate of drug-likeness (QED) is 0.656. The second-order valence-electron chi connectivity index (χ2n) is 5.82. The van der Waals surface area contributed by atoms with Crippen LogP contribution in [0, 0.1) is 6.92 Å². The molecule has 0 bridgehead atoms. The average molecular weight is 362 g/mol. The first-order valence-corrected chi connectivity index (χ1v) is 8.78. The van der Waals surface area contributed by atoms with Crippen LogP contribution in [0.3, 0.4) is 0 Å². The molecule has 2 rings (SSSR count). The summed E-state index contributed by atoms with van der Waals surface area (Å²) in [5, 5.41) is 6.71. The minimum Gasteiger partial charge on any atom is -0.495 e. The molecule has 1 amide bonds. The Morgan fingerprint density at radius 3 is 2.80 bits per heavy atom. The fraction of sp³-hybridized carbons (Fsp3) is 0.368. The summed E-state index contributed by atoms with van der Waals surface area (Å²) in [6.07, 6.45) is 5.04. The Hall–Kier alpha value is -2.27. The van der Waals surface area contributed by atoms with E-state index in [1.165, 1.54) is 12.8 Å². The monoisotopic (exact) mass is 361 g/mol. The SMILES string of the molecule is CCCCCNc1cc(C(=O)Nc2cc(C)c(Cl)cc2OC)ccn1. The molecule has 1 heterocycles. The van der Waals surface area contributed by atoms with Gasteiger partial charge >= 0.3 is 0 Å². The fourth-order valence-electron chi connectivity index (χ4n) is 2.38. The molecule has 0 aliphatic carbocycles. The molecule has 6 heteroatoms. The first-order valence-electron chi connectivity index (χ1n) is 8.40. The number of unbranched alkanes of at least 4 members (excludes halogenated alkanes) is 2. The zero-order chi connectivity index (χ0) is 18.2. The third kappa shape index (κ3) is 5.36. The Morgan fingerprint density at radius 2 is 2.08 bits per heavy atom. The summed E-state index contributed by atoms with van der Waals surface area (Å²) in [5.41, 5.74) is 1.98. The Kier molecular flexibility index (Phi) is 7.07. The molecule has 0 spiro atoms. The van der Waals surface area contributed by atoms with Gasteiger partial charge < -0.3 is 15.4 Å². The summed E-state index contributed by atoms with van der Waals surface area (Å²) in [5.74, 6) is 0.998. The van der Waals surface area contributed by atoms with Crippen LogP contribution < -0.4 is 15.4 Å². The van der Waals surface area contributed by atoms with Crippen LogP contribution in [0.25, 0.3) is 0 Å². The van der Waals surface area contributed by atoms with E-state index in [1.54, 1.807) is 37.6 Å². The number of aromatic nitrogens is 1. The number of benzene rings is 1. The molecule has 0 saturated carbocycles. The van der Waals surface area contributed by atoms with Gasteiger partial charge in [0.25, 0.3) is 5.91 Å². The van der Waals surface area contributed by atoms with Gasteiger partial charge in [0.1, 0.15) is 11.6 Å². The molecule has 0 unspecified atom stereocenters. The maximum Gasteiger partial charge on any atom is 0.255 e. The van der Waals surface area contributed by atoms with E-state index in [-0.39, 0.29) is 5.91 Å². The molecule has 0 atom stereocenters. The Balaban J connectivity index is 2.09. The van der Waals surface area contributed by atoms with Crippen molar-refractivity contribution in [1.29, 1.82) is 0 Å². The van der Waals surface area contributed by atoms with Crippen molar-refractivity contribution in [2.24, 2.45) is 0 Å². The van der Waals surface area contributed by atoms with Crippen molar-refractivity contribution < 1.29 is 9.53 Å². The maximum atomic E-state index is 12.6. The summed E-state index contributed by atoms with van der Waals surface area (Å²) >= 11 is 6.10. The normalized spacial score (nSPS) is 10.4. The number of halogens is 1. The van der Waals surface area contributed by atoms with Crippen molar-refractivity contribution >= 4 is 29.0 Å². The minimum absolute atomic E-state index is 0.223. The molecule has 0 radical (unpaired) electrons. The topological polar surface area (TPSA) is 63.2 Å². The molecule has 25 heavy (non-hydrogen) atoms. The molecule has 0 aliphatic heterocycles. The Bertz CT molecular complexity index is 735. The van der Waals surface area contributed by atoms with Gasteiger partial charge in [0.15, 0.2) is 0 Å². The van der Waals surface area contributed by atoms with E-state index < -0.39 is 0 Å². The number of aryl methyl sites for hydroxylation is 1. The third-order valence-electron chi connectivity index (χ3n) is 3.84. The van der Waals surface area contributed by atoms with Crippen LogP contribution in [0.4, 0.5) is 11.5 Å². The Labute approximate surface area is 153 Å². The van der Waals surface area contributed by atoms with Crippen molar-refractivity contribution in [3.63, 3.8) is 0 Å². The van der Waals surface area contributed by atoms with Gasteiger partial charge in [0.05, 0.1) is 12.8 Å². The predicted octanol–water partition coefficient (Wildman–Crippen LogP) is 4.91. The molecule has 134 valence electrons. The van der Waals surface area contributed by atoms with Gasteiger partial charge in [0, 0.05) is 29.4 Å². The summed E-state index contributed by atoms with van der Waals surface area (Å²) in [7, 11) is 1.54. The lowest BCUT2D eigenvalue weighted by Crippen LogP contribution is -2.14. The number of carbonyl (C=O) groups is 1. The van der Waals surface area contributed by atoms with Crippen LogP contribution in [0.2, 0.25) is 5.02 Å². The summed E-state index contributed by atoms with van der Waals surface area (Å²) < 4.78 is 5.29. The number of hydrogen-bond acceptors (Lipinski definition) is 4. The molecule has 2 N–H and O–H groups in total. The predicted molar refractivity (Wildman–Crippen MR) is 103 cm³/mol. The van der Waals surface area contributed by atoms with E-state index in [1.807, 2.05) is 6.92 Å². The number of methoxy groups -OCH3 is 1. The van der Waals surface area contributed by atoms with Gasteiger partial charge in [0.2, 0.25) is 0 Å². The van der Waals surface area contributed by atoms with E-state index in [2.05, 4.69) is 22.5 Å². The van der Waals surface area contributed by atoms with Crippen LogP contribution in [-0.4, -0.2) is 24.5 Å². The number of pyridine rings is 1. The number of hydrogen-bond donors (Lipinski definition) is 2. The summed E-state index contributed by atoms with van der Waals surface area (Å²) in [6.45, 7) is 4.88. The number of rotatable bonds is 8. The molecule has 2 aromatic rings. The van der Waals surface area contributed by atoms with Gasteiger partial charge in [-0.2, -0.15) is 0 Å². The van der Waals surface area contributed by atoms with Crippen molar-refractivity contribution in [2.45, 2.75) is 33.1 Å². The summed E-state index contributed by atoms with van der Waals surface area (Å²) in [6, 6.07) is 6.92.